The van der Waals surface area contributed by atoms with Crippen LogP contribution in [-0.4, -0.2) is 11.8 Å². The molecule has 2 nitrogen and oxygen atoms in total. The van der Waals surface area contributed by atoms with Crippen LogP contribution in [0.3, 0.4) is 0 Å². The van der Waals surface area contributed by atoms with Gasteiger partial charge in [0.2, 0.25) is 0 Å². The number of ketones is 1. The molecular weight excluding hydrogens is 258 g/mol. The maximum Gasteiger partial charge on any atom is 0.175 e. The van der Waals surface area contributed by atoms with E-state index >= 15 is 0 Å². The summed E-state index contributed by atoms with van der Waals surface area (Å²) in [5, 5.41) is 2.36. The van der Waals surface area contributed by atoms with Crippen molar-refractivity contribution in [1.82, 2.24) is 0 Å². The average molecular weight is 285 g/mol. The normalized spacial score (nSPS) is 12.5. The number of fused-ring (bicyclic) bond motifs is 1. The minimum absolute atomic E-state index is 0. The number of benzene rings is 2. The van der Waals surface area contributed by atoms with Crippen LogP contribution in [0.15, 0.2) is 54.1 Å². The maximum atomic E-state index is 12.0. The standard InChI is InChI=1S/C17H19NO.C2H6.H2/c1-3-12(2)17(19)16(18)11-14-9-6-8-13-7-4-5-10-15(13)14;1-2;/h3-10,16H,11,18H2,1-2H3;1-2H3;1H/t16-;;/m0../s1. The lowest BCUT2D eigenvalue weighted by atomic mass is 9.95. The molecule has 0 unspecified atom stereocenters. The van der Waals surface area contributed by atoms with Gasteiger partial charge in [-0.15, -0.1) is 0 Å². The Hall–Kier alpha value is -1.93. The van der Waals surface area contributed by atoms with E-state index in [4.69, 9.17) is 5.73 Å². The first-order chi connectivity index (χ1) is 10.1. The van der Waals surface area contributed by atoms with Gasteiger partial charge in [-0.1, -0.05) is 62.4 Å². The number of hydrogen-bond donors (Lipinski definition) is 1. The molecule has 0 aliphatic heterocycles. The molecule has 0 aliphatic carbocycles. The Balaban J connectivity index is 0.00000141. The zero-order chi connectivity index (χ0) is 15.8. The first kappa shape index (κ1) is 17.1. The van der Waals surface area contributed by atoms with Gasteiger partial charge in [-0.25, -0.2) is 0 Å². The molecule has 0 spiro atoms. The molecule has 114 valence electrons. The number of Topliss-reactive ketones (excluding diaryl/α,β-unsaturated/α-hetero) is 1. The Morgan fingerprint density at radius 1 is 1.19 bits per heavy atom. The van der Waals surface area contributed by atoms with E-state index in [1.165, 1.54) is 10.8 Å². The van der Waals surface area contributed by atoms with Crippen LogP contribution in [0.5, 0.6) is 0 Å². The summed E-state index contributed by atoms with van der Waals surface area (Å²) in [6.45, 7) is 7.67. The third kappa shape index (κ3) is 4.27. The maximum absolute atomic E-state index is 12.0. The quantitative estimate of drug-likeness (QED) is 0.839. The number of nitrogens with two attached hydrogens (primary N) is 1. The van der Waals surface area contributed by atoms with Crippen molar-refractivity contribution < 1.29 is 6.22 Å². The van der Waals surface area contributed by atoms with Crippen molar-refractivity contribution in [2.75, 3.05) is 0 Å². The summed E-state index contributed by atoms with van der Waals surface area (Å²) in [6, 6.07) is 13.8. The number of rotatable bonds is 4. The number of allylic oxidation sites excluding steroid dienone is 1. The largest absolute Gasteiger partial charge is 0.321 e. The van der Waals surface area contributed by atoms with Gasteiger partial charge in [0, 0.05) is 1.43 Å². The zero-order valence-corrected chi connectivity index (χ0v) is 13.4. The van der Waals surface area contributed by atoms with E-state index in [2.05, 4.69) is 18.2 Å². The van der Waals surface area contributed by atoms with Crippen LogP contribution in [0.4, 0.5) is 0 Å². The summed E-state index contributed by atoms with van der Waals surface area (Å²) < 4.78 is 0. The van der Waals surface area contributed by atoms with E-state index in [1.54, 1.807) is 0 Å². The highest BCUT2D eigenvalue weighted by Gasteiger charge is 2.16. The van der Waals surface area contributed by atoms with Crippen LogP contribution in [0, 0.1) is 0 Å². The van der Waals surface area contributed by atoms with Gasteiger partial charge >= 0.3 is 0 Å². The van der Waals surface area contributed by atoms with Gasteiger partial charge in [0.1, 0.15) is 0 Å². The van der Waals surface area contributed by atoms with Gasteiger partial charge in [-0.2, -0.15) is 0 Å². The van der Waals surface area contributed by atoms with Crippen molar-refractivity contribution in [2.24, 2.45) is 5.73 Å². The molecule has 0 amide bonds. The number of hydrogen-bond acceptors (Lipinski definition) is 2. The van der Waals surface area contributed by atoms with Crippen LogP contribution in [-0.2, 0) is 11.2 Å². The average Bonchev–Trinajstić information content (AvgIpc) is 2.55. The Morgan fingerprint density at radius 2 is 1.81 bits per heavy atom. The van der Waals surface area contributed by atoms with Crippen molar-refractivity contribution >= 4 is 16.6 Å². The van der Waals surface area contributed by atoms with Crippen LogP contribution in [0.25, 0.3) is 10.8 Å². The molecule has 0 bridgehead atoms. The SMILES string of the molecule is CC.CC=C(C)C(=O)[C@@H](N)Cc1cccc2ccccc12.[HH]. The Labute approximate surface area is 129 Å². The minimum Gasteiger partial charge on any atom is -0.321 e. The molecule has 21 heavy (non-hydrogen) atoms. The summed E-state index contributed by atoms with van der Waals surface area (Å²) >= 11 is 0. The van der Waals surface area contributed by atoms with Crippen LogP contribution < -0.4 is 5.73 Å². The molecule has 2 heteroatoms. The molecule has 0 saturated heterocycles. The van der Waals surface area contributed by atoms with Gasteiger partial charge in [-0.3, -0.25) is 4.79 Å². The second-order valence-electron chi connectivity index (χ2n) is 4.78. The Bertz CT molecular complexity index is 629. The first-order valence-corrected chi connectivity index (χ1v) is 7.53. The van der Waals surface area contributed by atoms with Gasteiger partial charge in [0.05, 0.1) is 6.04 Å². The highest BCUT2D eigenvalue weighted by atomic mass is 16.1. The molecule has 2 aromatic carbocycles. The highest BCUT2D eigenvalue weighted by molar-refractivity contribution is 5.99. The minimum atomic E-state index is -0.470. The topological polar surface area (TPSA) is 43.1 Å². The summed E-state index contributed by atoms with van der Waals surface area (Å²) in [7, 11) is 0. The third-order valence-electron chi connectivity index (χ3n) is 3.48. The van der Waals surface area contributed by atoms with Crippen molar-refractivity contribution in [3.63, 3.8) is 0 Å². The second kappa shape index (κ2) is 8.38. The fourth-order valence-electron chi connectivity index (χ4n) is 2.23. The van der Waals surface area contributed by atoms with Crippen molar-refractivity contribution in [3.05, 3.63) is 59.7 Å². The van der Waals surface area contributed by atoms with E-state index in [0.717, 1.165) is 11.1 Å². The monoisotopic (exact) mass is 285 g/mol. The zero-order valence-electron chi connectivity index (χ0n) is 13.4. The van der Waals surface area contributed by atoms with Gasteiger partial charge in [-0.05, 0) is 42.2 Å². The van der Waals surface area contributed by atoms with E-state index in [-0.39, 0.29) is 7.21 Å². The first-order valence-electron chi connectivity index (χ1n) is 7.53. The van der Waals surface area contributed by atoms with Crippen LogP contribution in [0.1, 0.15) is 34.7 Å². The van der Waals surface area contributed by atoms with Crippen LogP contribution in [0.2, 0.25) is 0 Å². The molecule has 0 aliphatic rings. The van der Waals surface area contributed by atoms with E-state index in [0.29, 0.717) is 6.42 Å². The van der Waals surface area contributed by atoms with E-state index in [9.17, 15) is 4.79 Å². The Kier molecular flexibility index (Phi) is 6.83. The molecule has 0 radical (unpaired) electrons. The molecule has 1 atom stereocenters. The highest BCUT2D eigenvalue weighted by Crippen LogP contribution is 2.20. The predicted molar refractivity (Wildman–Crippen MR) is 93.5 cm³/mol. The number of carbonyl (C=O) groups excluding carboxylic acids is 1. The van der Waals surface area contributed by atoms with E-state index in [1.807, 2.05) is 58.0 Å². The van der Waals surface area contributed by atoms with Crippen molar-refractivity contribution in [3.8, 4) is 0 Å². The third-order valence-corrected chi connectivity index (χ3v) is 3.48. The summed E-state index contributed by atoms with van der Waals surface area (Å²) in [5.74, 6) is 0.0236. The van der Waals surface area contributed by atoms with Crippen molar-refractivity contribution in [2.45, 2.75) is 40.2 Å². The molecule has 0 aromatic heterocycles. The van der Waals surface area contributed by atoms with Gasteiger partial charge in [0.15, 0.2) is 5.78 Å². The fourth-order valence-corrected chi connectivity index (χ4v) is 2.23. The van der Waals surface area contributed by atoms with Crippen molar-refractivity contribution in [1.29, 1.82) is 0 Å². The van der Waals surface area contributed by atoms with Gasteiger partial charge in [0.25, 0.3) is 0 Å². The lowest BCUT2D eigenvalue weighted by molar-refractivity contribution is -0.116. The summed E-state index contributed by atoms with van der Waals surface area (Å²) in [6.07, 6.45) is 2.39. The summed E-state index contributed by atoms with van der Waals surface area (Å²) in [5.41, 5.74) is 7.88. The molecule has 2 N–H and O–H groups in total. The molecule has 0 fully saturated rings. The smallest absolute Gasteiger partial charge is 0.175 e. The Morgan fingerprint density at radius 3 is 2.48 bits per heavy atom. The molecular formula is C19H27NO. The predicted octanol–water partition coefficient (Wildman–Crippen LogP) is 4.52. The van der Waals surface area contributed by atoms with Crippen LogP contribution >= 0.6 is 0 Å². The van der Waals surface area contributed by atoms with Gasteiger partial charge < -0.3 is 5.73 Å². The molecule has 2 rings (SSSR count). The molecule has 0 heterocycles. The number of carbonyl (C=O) groups is 1. The lowest BCUT2D eigenvalue weighted by Gasteiger charge is -2.13. The lowest BCUT2D eigenvalue weighted by Crippen LogP contribution is -2.33. The molecule has 0 saturated carbocycles. The van der Waals surface area contributed by atoms with E-state index < -0.39 is 6.04 Å². The summed E-state index contributed by atoms with van der Waals surface area (Å²) in [4.78, 5) is 12.0. The fraction of sp³-hybridized carbons (Fsp3) is 0.316. The molecule has 2 aromatic rings. The second-order valence-corrected chi connectivity index (χ2v) is 4.78.